The van der Waals surface area contributed by atoms with Crippen LogP contribution >= 0.6 is 0 Å². The second-order valence-electron chi connectivity index (χ2n) is 4.64. The molecule has 1 aromatic rings. The molecule has 0 spiro atoms. The lowest BCUT2D eigenvalue weighted by molar-refractivity contribution is -0.0110. The van der Waals surface area contributed by atoms with Gasteiger partial charge in [-0.05, 0) is 32.6 Å². The third-order valence-corrected chi connectivity index (χ3v) is 3.04. The summed E-state index contributed by atoms with van der Waals surface area (Å²) in [5.74, 6) is 1.01. The number of nitrogens with zero attached hydrogens (tertiary/aromatic N) is 2. The van der Waals surface area contributed by atoms with E-state index in [1.165, 1.54) is 0 Å². The maximum atomic E-state index is 12.3. The minimum absolute atomic E-state index is 0.240. The van der Waals surface area contributed by atoms with Gasteiger partial charge in [0, 0.05) is 17.7 Å². The van der Waals surface area contributed by atoms with Crippen molar-refractivity contribution in [3.05, 3.63) is 17.6 Å². The molecule has 0 aliphatic heterocycles. The molecule has 0 unspecified atom stereocenters. The van der Waals surface area contributed by atoms with E-state index in [4.69, 9.17) is 4.74 Å². The Morgan fingerprint density at radius 3 is 2.65 bits per heavy atom. The zero-order valence-electron chi connectivity index (χ0n) is 9.99. The lowest BCUT2D eigenvalue weighted by atomic mass is 9.76. The fourth-order valence-electron chi connectivity index (χ4n) is 2.09. The number of rotatable bonds is 4. The fourth-order valence-corrected chi connectivity index (χ4v) is 2.09. The van der Waals surface area contributed by atoms with Crippen molar-refractivity contribution in [1.82, 2.24) is 9.97 Å². The molecule has 3 nitrogen and oxygen atoms in total. The molecule has 2 rings (SSSR count). The van der Waals surface area contributed by atoms with Gasteiger partial charge in [0.05, 0.1) is 6.61 Å². The number of halogens is 2. The van der Waals surface area contributed by atoms with Crippen molar-refractivity contribution in [3.63, 3.8) is 0 Å². The summed E-state index contributed by atoms with van der Waals surface area (Å²) in [6.45, 7) is 4.15. The second kappa shape index (κ2) is 4.94. The highest BCUT2D eigenvalue weighted by atomic mass is 19.3. The summed E-state index contributed by atoms with van der Waals surface area (Å²) in [6, 6.07) is 1.76. The highest BCUT2D eigenvalue weighted by Gasteiger charge is 2.35. The van der Waals surface area contributed by atoms with Crippen LogP contribution in [0.2, 0.25) is 0 Å². The topological polar surface area (TPSA) is 35.0 Å². The molecule has 0 atom stereocenters. The minimum atomic E-state index is -2.19. The van der Waals surface area contributed by atoms with Crippen LogP contribution in [0, 0.1) is 25.7 Å². The first kappa shape index (κ1) is 12.2. The fraction of sp³-hybridized carbons (Fsp3) is 0.667. The second-order valence-corrected chi connectivity index (χ2v) is 4.64. The van der Waals surface area contributed by atoms with Crippen molar-refractivity contribution in [2.45, 2.75) is 33.1 Å². The molecule has 1 fully saturated rings. The van der Waals surface area contributed by atoms with E-state index in [-0.39, 0.29) is 5.92 Å². The SMILES string of the molecule is Cc1cc(OCC2CC(C(F)F)C2)nc(C)n1. The number of hydrogen-bond acceptors (Lipinski definition) is 3. The summed E-state index contributed by atoms with van der Waals surface area (Å²) >= 11 is 0. The quantitative estimate of drug-likeness (QED) is 0.814. The first-order chi connectivity index (χ1) is 8.04. The van der Waals surface area contributed by atoms with Gasteiger partial charge in [-0.1, -0.05) is 0 Å². The van der Waals surface area contributed by atoms with Crippen LogP contribution < -0.4 is 4.74 Å². The third-order valence-electron chi connectivity index (χ3n) is 3.04. The lowest BCUT2D eigenvalue weighted by Gasteiger charge is -2.34. The number of ether oxygens (including phenoxy) is 1. The molecule has 5 heteroatoms. The van der Waals surface area contributed by atoms with Crippen LogP contribution in [0.5, 0.6) is 5.88 Å². The largest absolute Gasteiger partial charge is 0.477 e. The van der Waals surface area contributed by atoms with Crippen LogP contribution in [0.1, 0.15) is 24.4 Å². The van der Waals surface area contributed by atoms with E-state index in [1.807, 2.05) is 6.92 Å². The van der Waals surface area contributed by atoms with Gasteiger partial charge in [0.25, 0.3) is 0 Å². The van der Waals surface area contributed by atoms with Crippen LogP contribution in [-0.2, 0) is 0 Å². The van der Waals surface area contributed by atoms with Crippen LogP contribution in [0.3, 0.4) is 0 Å². The zero-order chi connectivity index (χ0) is 12.4. The van der Waals surface area contributed by atoms with E-state index in [2.05, 4.69) is 9.97 Å². The number of alkyl halides is 2. The van der Waals surface area contributed by atoms with Gasteiger partial charge in [-0.15, -0.1) is 0 Å². The van der Waals surface area contributed by atoms with Gasteiger partial charge >= 0.3 is 0 Å². The molecule has 0 amide bonds. The van der Waals surface area contributed by atoms with Gasteiger partial charge in [0.15, 0.2) is 0 Å². The van der Waals surface area contributed by atoms with Crippen molar-refractivity contribution >= 4 is 0 Å². The predicted octanol–water partition coefficient (Wildman–Crippen LogP) is 2.76. The first-order valence-corrected chi connectivity index (χ1v) is 5.78. The maximum Gasteiger partial charge on any atom is 0.241 e. The Kier molecular flexibility index (Phi) is 3.54. The molecular weight excluding hydrogens is 226 g/mol. The van der Waals surface area contributed by atoms with Gasteiger partial charge < -0.3 is 4.74 Å². The van der Waals surface area contributed by atoms with E-state index < -0.39 is 12.3 Å². The molecule has 0 radical (unpaired) electrons. The van der Waals surface area contributed by atoms with Gasteiger partial charge in [0.2, 0.25) is 12.3 Å². The minimum Gasteiger partial charge on any atom is -0.477 e. The van der Waals surface area contributed by atoms with Crippen molar-refractivity contribution in [2.75, 3.05) is 6.61 Å². The van der Waals surface area contributed by atoms with E-state index in [0.717, 1.165) is 5.69 Å². The van der Waals surface area contributed by atoms with E-state index in [9.17, 15) is 8.78 Å². The predicted molar refractivity (Wildman–Crippen MR) is 59.2 cm³/mol. The molecule has 1 aromatic heterocycles. The summed E-state index contributed by atoms with van der Waals surface area (Å²) < 4.78 is 30.0. The molecule has 1 saturated carbocycles. The Hall–Kier alpha value is -1.26. The number of aromatic nitrogens is 2. The van der Waals surface area contributed by atoms with Crippen LogP contribution in [0.25, 0.3) is 0 Å². The molecule has 94 valence electrons. The number of aryl methyl sites for hydroxylation is 2. The molecule has 1 heterocycles. The molecule has 0 bridgehead atoms. The van der Waals surface area contributed by atoms with E-state index >= 15 is 0 Å². The van der Waals surface area contributed by atoms with Gasteiger partial charge in [-0.25, -0.2) is 13.8 Å². The molecule has 1 aliphatic carbocycles. The number of hydrogen-bond donors (Lipinski definition) is 0. The van der Waals surface area contributed by atoms with Crippen molar-refractivity contribution in [2.24, 2.45) is 11.8 Å². The monoisotopic (exact) mass is 242 g/mol. The first-order valence-electron chi connectivity index (χ1n) is 5.78. The lowest BCUT2D eigenvalue weighted by Crippen LogP contribution is -2.33. The average molecular weight is 242 g/mol. The van der Waals surface area contributed by atoms with Gasteiger partial charge in [-0.2, -0.15) is 4.98 Å². The van der Waals surface area contributed by atoms with Crippen LogP contribution in [-0.4, -0.2) is 23.0 Å². The summed E-state index contributed by atoms with van der Waals surface area (Å²) in [7, 11) is 0. The highest BCUT2D eigenvalue weighted by Crippen LogP contribution is 2.37. The summed E-state index contributed by atoms with van der Waals surface area (Å²) in [6.07, 6.45) is -1.07. The summed E-state index contributed by atoms with van der Waals surface area (Å²) in [5.41, 5.74) is 0.853. The Labute approximate surface area is 99.2 Å². The normalized spacial score (nSPS) is 23.6. The smallest absolute Gasteiger partial charge is 0.241 e. The van der Waals surface area contributed by atoms with Gasteiger partial charge in [-0.3, -0.25) is 0 Å². The standard InChI is InChI=1S/C12H16F2N2O/c1-7-3-11(16-8(2)15-7)17-6-9-4-10(5-9)12(13)14/h3,9-10,12H,4-6H2,1-2H3. The summed E-state index contributed by atoms with van der Waals surface area (Å²) in [4.78, 5) is 8.28. The molecule has 0 saturated heterocycles. The van der Waals surface area contributed by atoms with Crippen molar-refractivity contribution in [1.29, 1.82) is 0 Å². The molecular formula is C12H16F2N2O. The molecule has 0 N–H and O–H groups in total. The Morgan fingerprint density at radius 1 is 1.35 bits per heavy atom. The summed E-state index contributed by atoms with van der Waals surface area (Å²) in [5, 5.41) is 0. The van der Waals surface area contributed by atoms with Crippen molar-refractivity contribution < 1.29 is 13.5 Å². The van der Waals surface area contributed by atoms with E-state index in [0.29, 0.717) is 31.2 Å². The Balaban J connectivity index is 1.79. The van der Waals surface area contributed by atoms with E-state index in [1.54, 1.807) is 13.0 Å². The van der Waals surface area contributed by atoms with Gasteiger partial charge in [0.1, 0.15) is 5.82 Å². The third kappa shape index (κ3) is 3.11. The molecule has 17 heavy (non-hydrogen) atoms. The highest BCUT2D eigenvalue weighted by molar-refractivity contribution is 5.14. The molecule has 0 aromatic carbocycles. The Bertz CT molecular complexity index is 372. The van der Waals surface area contributed by atoms with Crippen LogP contribution in [0.4, 0.5) is 8.78 Å². The zero-order valence-corrected chi connectivity index (χ0v) is 9.99. The average Bonchev–Trinajstić information content (AvgIpc) is 2.12. The van der Waals surface area contributed by atoms with Crippen LogP contribution in [0.15, 0.2) is 6.07 Å². The maximum absolute atomic E-state index is 12.3. The Morgan fingerprint density at radius 2 is 2.06 bits per heavy atom. The molecule has 1 aliphatic rings. The van der Waals surface area contributed by atoms with Crippen molar-refractivity contribution in [3.8, 4) is 5.88 Å².